The summed E-state index contributed by atoms with van der Waals surface area (Å²) in [6, 6.07) is 7.96. The van der Waals surface area contributed by atoms with Crippen LogP contribution in [0.15, 0.2) is 30.3 Å². The van der Waals surface area contributed by atoms with E-state index in [1.165, 1.54) is 7.11 Å². The van der Waals surface area contributed by atoms with Gasteiger partial charge in [0.1, 0.15) is 17.2 Å². The number of rotatable bonds is 6. The van der Waals surface area contributed by atoms with Crippen LogP contribution in [-0.4, -0.2) is 64.0 Å². The number of fused-ring (bicyclic) bond motifs is 1. The summed E-state index contributed by atoms with van der Waals surface area (Å²) in [5, 5.41) is 12.6. The van der Waals surface area contributed by atoms with Gasteiger partial charge in [-0.05, 0) is 26.0 Å². The number of nitrogens with one attached hydrogen (secondary N) is 1. The molecule has 7 nitrogen and oxygen atoms in total. The van der Waals surface area contributed by atoms with E-state index in [2.05, 4.69) is 5.32 Å². The SMILES string of the molecule is COC(O)C1N2C(=O)C(NC(=O)COc3ccccc3)C2SC1(C)C. The first-order valence-corrected chi connectivity index (χ1v) is 8.91. The van der Waals surface area contributed by atoms with Gasteiger partial charge in [-0.25, -0.2) is 0 Å². The van der Waals surface area contributed by atoms with Gasteiger partial charge in [-0.15, -0.1) is 11.8 Å². The van der Waals surface area contributed by atoms with Crippen molar-refractivity contribution in [2.75, 3.05) is 13.7 Å². The van der Waals surface area contributed by atoms with Gasteiger partial charge in [0.25, 0.3) is 5.91 Å². The fraction of sp³-hybridized carbons (Fsp3) is 0.529. The van der Waals surface area contributed by atoms with Gasteiger partial charge in [0.05, 0.1) is 6.04 Å². The van der Waals surface area contributed by atoms with Crippen LogP contribution in [-0.2, 0) is 14.3 Å². The number of thioether (sulfide) groups is 1. The highest BCUT2D eigenvalue weighted by Crippen LogP contribution is 2.51. The molecule has 4 unspecified atom stereocenters. The van der Waals surface area contributed by atoms with Gasteiger partial charge in [0.15, 0.2) is 12.9 Å². The van der Waals surface area contributed by atoms with Gasteiger partial charge in [-0.1, -0.05) is 18.2 Å². The summed E-state index contributed by atoms with van der Waals surface area (Å²) in [5.41, 5.74) is 0. The number of hydrogen-bond donors (Lipinski definition) is 2. The molecule has 0 saturated carbocycles. The molecule has 2 heterocycles. The summed E-state index contributed by atoms with van der Waals surface area (Å²) in [4.78, 5) is 26.2. The molecule has 2 saturated heterocycles. The lowest BCUT2D eigenvalue weighted by molar-refractivity contribution is -0.172. The highest BCUT2D eigenvalue weighted by Gasteiger charge is 2.63. The second-order valence-electron chi connectivity index (χ2n) is 6.58. The van der Waals surface area contributed by atoms with Gasteiger partial charge in [0, 0.05) is 11.9 Å². The van der Waals surface area contributed by atoms with E-state index in [0.29, 0.717) is 5.75 Å². The number of amides is 2. The van der Waals surface area contributed by atoms with Crippen molar-refractivity contribution < 1.29 is 24.2 Å². The number of carbonyl (C=O) groups excluding carboxylic acids is 2. The zero-order valence-corrected chi connectivity index (χ0v) is 15.2. The second-order valence-corrected chi connectivity index (χ2v) is 8.35. The number of ether oxygens (including phenoxy) is 2. The molecule has 2 fully saturated rings. The van der Waals surface area contributed by atoms with Crippen molar-refractivity contribution in [3.05, 3.63) is 30.3 Å². The zero-order chi connectivity index (χ0) is 18.2. The van der Waals surface area contributed by atoms with Crippen molar-refractivity contribution in [1.29, 1.82) is 0 Å². The average Bonchev–Trinajstić information content (AvgIpc) is 2.86. The number of aliphatic hydroxyl groups excluding tert-OH is 1. The summed E-state index contributed by atoms with van der Waals surface area (Å²) < 4.78 is 10.0. The molecule has 0 spiro atoms. The largest absolute Gasteiger partial charge is 0.484 e. The Hall–Kier alpha value is -1.77. The molecule has 2 N–H and O–H groups in total. The van der Waals surface area contributed by atoms with Crippen LogP contribution < -0.4 is 10.1 Å². The molecule has 1 aromatic rings. The number of nitrogens with zero attached hydrogens (tertiary/aromatic N) is 1. The van der Waals surface area contributed by atoms with Crippen LogP contribution in [0.2, 0.25) is 0 Å². The van der Waals surface area contributed by atoms with Crippen molar-refractivity contribution in [3.8, 4) is 5.75 Å². The van der Waals surface area contributed by atoms with Gasteiger partial charge in [0.2, 0.25) is 5.91 Å². The number of benzene rings is 1. The second kappa shape index (κ2) is 6.86. The van der Waals surface area contributed by atoms with E-state index in [4.69, 9.17) is 9.47 Å². The maximum atomic E-state index is 12.5. The van der Waals surface area contributed by atoms with E-state index in [9.17, 15) is 14.7 Å². The van der Waals surface area contributed by atoms with E-state index in [0.717, 1.165) is 0 Å². The van der Waals surface area contributed by atoms with E-state index < -0.39 is 18.4 Å². The Balaban J connectivity index is 1.59. The number of carbonyl (C=O) groups is 2. The number of methoxy groups -OCH3 is 1. The predicted octanol–water partition coefficient (Wildman–Crippen LogP) is 0.577. The molecule has 0 radical (unpaired) electrons. The van der Waals surface area contributed by atoms with Gasteiger partial charge >= 0.3 is 0 Å². The van der Waals surface area contributed by atoms with E-state index in [1.54, 1.807) is 28.8 Å². The van der Waals surface area contributed by atoms with Crippen molar-refractivity contribution >= 4 is 23.6 Å². The van der Waals surface area contributed by atoms with Gasteiger partial charge in [-0.3, -0.25) is 9.59 Å². The van der Waals surface area contributed by atoms with Crippen LogP contribution >= 0.6 is 11.8 Å². The van der Waals surface area contributed by atoms with Crippen LogP contribution in [0, 0.1) is 0 Å². The standard InChI is InChI=1S/C17H22N2O5S/c1-17(2)13(16(22)23-3)19-14(21)12(15(19)25-17)18-11(20)9-24-10-7-5-4-6-8-10/h4-8,12-13,15-16,22H,9H2,1-3H3,(H,18,20). The summed E-state index contributed by atoms with van der Waals surface area (Å²) in [6.07, 6.45) is -1.06. The topological polar surface area (TPSA) is 88.1 Å². The third-order valence-corrected chi connectivity index (χ3v) is 6.05. The first kappa shape index (κ1) is 18.0. The maximum absolute atomic E-state index is 12.5. The smallest absolute Gasteiger partial charge is 0.258 e. The molecule has 25 heavy (non-hydrogen) atoms. The van der Waals surface area contributed by atoms with Crippen molar-refractivity contribution in [1.82, 2.24) is 10.2 Å². The Labute approximate surface area is 150 Å². The molecule has 0 aliphatic carbocycles. The first-order valence-electron chi connectivity index (χ1n) is 8.03. The number of aliphatic hydroxyl groups is 1. The molecule has 136 valence electrons. The molecule has 0 aromatic heterocycles. The van der Waals surface area contributed by atoms with Crippen LogP contribution in [0.1, 0.15) is 13.8 Å². The normalized spacial score (nSPS) is 28.1. The fourth-order valence-corrected chi connectivity index (χ4v) is 4.91. The zero-order valence-electron chi connectivity index (χ0n) is 14.3. The Morgan fingerprint density at radius 2 is 2.08 bits per heavy atom. The summed E-state index contributed by atoms with van der Waals surface area (Å²) in [7, 11) is 1.41. The molecule has 3 rings (SSSR count). The predicted molar refractivity (Wildman–Crippen MR) is 93.0 cm³/mol. The Morgan fingerprint density at radius 1 is 1.40 bits per heavy atom. The van der Waals surface area contributed by atoms with Crippen molar-refractivity contribution in [2.45, 2.75) is 42.3 Å². The lowest BCUT2D eigenvalue weighted by atomic mass is 9.95. The molecule has 1 aromatic carbocycles. The van der Waals surface area contributed by atoms with Crippen LogP contribution in [0.25, 0.3) is 0 Å². The molecular formula is C17H22N2O5S. The number of hydrogen-bond acceptors (Lipinski definition) is 6. The quantitative estimate of drug-likeness (QED) is 0.566. The lowest BCUT2D eigenvalue weighted by Crippen LogP contribution is -2.71. The number of para-hydroxylation sites is 1. The first-order chi connectivity index (χ1) is 11.8. The summed E-state index contributed by atoms with van der Waals surface area (Å²) in [6.45, 7) is 3.75. The molecule has 2 amide bonds. The minimum absolute atomic E-state index is 0.154. The Bertz CT molecular complexity index is 654. The maximum Gasteiger partial charge on any atom is 0.258 e. The molecular weight excluding hydrogens is 344 g/mol. The van der Waals surface area contributed by atoms with E-state index in [-0.39, 0.29) is 28.5 Å². The molecule has 0 bridgehead atoms. The average molecular weight is 366 g/mol. The summed E-state index contributed by atoms with van der Waals surface area (Å²) in [5.74, 6) is 0.0344. The summed E-state index contributed by atoms with van der Waals surface area (Å²) >= 11 is 1.55. The minimum Gasteiger partial charge on any atom is -0.484 e. The molecule has 8 heteroatoms. The molecule has 2 aliphatic rings. The highest BCUT2D eigenvalue weighted by molar-refractivity contribution is 8.01. The third kappa shape index (κ3) is 3.33. The monoisotopic (exact) mass is 366 g/mol. The van der Waals surface area contributed by atoms with Crippen molar-refractivity contribution in [2.24, 2.45) is 0 Å². The number of β-lactam (4-membered cyclic amide) rings is 1. The van der Waals surface area contributed by atoms with Crippen molar-refractivity contribution in [3.63, 3.8) is 0 Å². The van der Waals surface area contributed by atoms with Crippen LogP contribution in [0.5, 0.6) is 5.75 Å². The van der Waals surface area contributed by atoms with Gasteiger partial charge in [-0.2, -0.15) is 0 Å². The minimum atomic E-state index is -1.06. The Kier molecular flexibility index (Phi) is 4.95. The van der Waals surface area contributed by atoms with E-state index >= 15 is 0 Å². The van der Waals surface area contributed by atoms with Gasteiger partial charge < -0.3 is 24.8 Å². The molecule has 2 aliphatic heterocycles. The Morgan fingerprint density at radius 3 is 2.72 bits per heavy atom. The highest BCUT2D eigenvalue weighted by atomic mass is 32.2. The third-order valence-electron chi connectivity index (χ3n) is 4.46. The molecule has 4 atom stereocenters. The van der Waals surface area contributed by atoms with E-state index in [1.807, 2.05) is 32.0 Å². The van der Waals surface area contributed by atoms with Crippen LogP contribution in [0.4, 0.5) is 0 Å². The van der Waals surface area contributed by atoms with Crippen LogP contribution in [0.3, 0.4) is 0 Å². The lowest BCUT2D eigenvalue weighted by Gasteiger charge is -2.45. The fourth-order valence-electron chi connectivity index (χ4n) is 3.25.